The second-order valence-electron chi connectivity index (χ2n) is 4.92. The van der Waals surface area contributed by atoms with Gasteiger partial charge in [-0.05, 0) is 63.5 Å². The van der Waals surface area contributed by atoms with Crippen molar-refractivity contribution in [2.24, 2.45) is 0 Å². The smallest absolute Gasteiger partial charge is 0.137 e. The molecule has 0 amide bonds. The Bertz CT molecular complexity index is 385. The molecule has 1 rings (SSSR count). The normalized spacial score (nSPS) is 11.1. The number of nitrogens with zero attached hydrogens (tertiary/aromatic N) is 1. The lowest BCUT2D eigenvalue weighted by Crippen LogP contribution is -2.25. The van der Waals surface area contributed by atoms with Crippen LogP contribution in [-0.4, -0.2) is 31.1 Å². The molecule has 0 aliphatic heterocycles. The van der Waals surface area contributed by atoms with Gasteiger partial charge in [0.25, 0.3) is 0 Å². The van der Waals surface area contributed by atoms with Crippen molar-refractivity contribution >= 4 is 23.2 Å². The van der Waals surface area contributed by atoms with E-state index < -0.39 is 0 Å². The van der Waals surface area contributed by atoms with Crippen LogP contribution < -0.4 is 4.74 Å². The van der Waals surface area contributed by atoms with Crippen LogP contribution >= 0.6 is 23.2 Å². The van der Waals surface area contributed by atoms with Crippen molar-refractivity contribution in [1.82, 2.24) is 4.90 Å². The fourth-order valence-electron chi connectivity index (χ4n) is 2.13. The summed E-state index contributed by atoms with van der Waals surface area (Å²) in [5.41, 5.74) is 0. The van der Waals surface area contributed by atoms with E-state index in [2.05, 4.69) is 18.7 Å². The maximum absolute atomic E-state index is 6.05. The molecule has 0 aliphatic carbocycles. The van der Waals surface area contributed by atoms with Crippen LogP contribution in [0.1, 0.15) is 39.5 Å². The first kappa shape index (κ1) is 17.6. The first-order valence-electron chi connectivity index (χ1n) is 7.47. The SMILES string of the molecule is CCCN(CC)CCCCCOc1ccc(Cl)cc1Cl. The minimum absolute atomic E-state index is 0.581. The van der Waals surface area contributed by atoms with E-state index >= 15 is 0 Å². The third-order valence-electron chi connectivity index (χ3n) is 3.26. The van der Waals surface area contributed by atoms with Crippen LogP contribution in [0, 0.1) is 0 Å². The van der Waals surface area contributed by atoms with E-state index in [0.29, 0.717) is 16.7 Å². The van der Waals surface area contributed by atoms with Crippen molar-refractivity contribution in [3.8, 4) is 5.75 Å². The molecule has 0 fully saturated rings. The molecule has 114 valence electrons. The summed E-state index contributed by atoms with van der Waals surface area (Å²) in [6.45, 7) is 8.69. The molecule has 0 saturated heterocycles. The average Bonchev–Trinajstić information content (AvgIpc) is 2.43. The van der Waals surface area contributed by atoms with Crippen molar-refractivity contribution in [2.45, 2.75) is 39.5 Å². The Kier molecular flexibility index (Phi) is 9.08. The van der Waals surface area contributed by atoms with Gasteiger partial charge in [-0.1, -0.05) is 37.0 Å². The molecule has 4 heteroatoms. The molecule has 2 nitrogen and oxygen atoms in total. The highest BCUT2D eigenvalue weighted by Gasteiger charge is 2.03. The topological polar surface area (TPSA) is 12.5 Å². The molecular weight excluding hydrogens is 293 g/mol. The van der Waals surface area contributed by atoms with Crippen LogP contribution in [0.5, 0.6) is 5.75 Å². The van der Waals surface area contributed by atoms with Gasteiger partial charge in [0.2, 0.25) is 0 Å². The Balaban J connectivity index is 2.13. The standard InChI is InChI=1S/C16H25Cl2NO/c1-3-10-19(4-2)11-6-5-7-12-20-16-9-8-14(17)13-15(16)18/h8-9,13H,3-7,10-12H2,1-2H3. The van der Waals surface area contributed by atoms with Gasteiger partial charge in [0.1, 0.15) is 5.75 Å². The van der Waals surface area contributed by atoms with Crippen molar-refractivity contribution in [3.63, 3.8) is 0 Å². The number of rotatable bonds is 10. The van der Waals surface area contributed by atoms with Crippen LogP contribution in [0.2, 0.25) is 10.0 Å². The summed E-state index contributed by atoms with van der Waals surface area (Å²) >= 11 is 11.9. The Hall–Kier alpha value is -0.440. The average molecular weight is 318 g/mol. The lowest BCUT2D eigenvalue weighted by molar-refractivity contribution is 0.268. The molecule has 20 heavy (non-hydrogen) atoms. The minimum Gasteiger partial charge on any atom is -0.492 e. The summed E-state index contributed by atoms with van der Waals surface area (Å²) < 4.78 is 5.67. The highest BCUT2D eigenvalue weighted by Crippen LogP contribution is 2.27. The monoisotopic (exact) mass is 317 g/mol. The molecule has 1 aromatic carbocycles. The molecular formula is C16H25Cl2NO. The van der Waals surface area contributed by atoms with Gasteiger partial charge < -0.3 is 9.64 Å². The van der Waals surface area contributed by atoms with Gasteiger partial charge in [-0.3, -0.25) is 0 Å². The maximum atomic E-state index is 6.05. The highest BCUT2D eigenvalue weighted by molar-refractivity contribution is 6.35. The molecule has 0 heterocycles. The molecule has 0 aliphatic rings. The lowest BCUT2D eigenvalue weighted by Gasteiger charge is -2.19. The molecule has 0 saturated carbocycles. The molecule has 0 spiro atoms. The van der Waals surface area contributed by atoms with Gasteiger partial charge >= 0.3 is 0 Å². The molecule has 0 N–H and O–H groups in total. The number of unbranched alkanes of at least 4 members (excludes halogenated alkanes) is 2. The molecule has 1 aromatic rings. The van der Waals surface area contributed by atoms with Crippen molar-refractivity contribution in [2.75, 3.05) is 26.2 Å². The molecule has 0 bridgehead atoms. The van der Waals surface area contributed by atoms with Crippen LogP contribution in [-0.2, 0) is 0 Å². The van der Waals surface area contributed by atoms with E-state index in [1.165, 1.54) is 32.4 Å². The number of hydrogen-bond donors (Lipinski definition) is 0. The van der Waals surface area contributed by atoms with Gasteiger partial charge in [-0.2, -0.15) is 0 Å². The fraction of sp³-hybridized carbons (Fsp3) is 0.625. The van der Waals surface area contributed by atoms with Gasteiger partial charge in [-0.25, -0.2) is 0 Å². The zero-order valence-corrected chi connectivity index (χ0v) is 14.0. The second-order valence-corrected chi connectivity index (χ2v) is 5.76. The third-order valence-corrected chi connectivity index (χ3v) is 3.79. The quantitative estimate of drug-likeness (QED) is 0.545. The van der Waals surface area contributed by atoms with Crippen molar-refractivity contribution in [1.29, 1.82) is 0 Å². The van der Waals surface area contributed by atoms with Crippen LogP contribution in [0.3, 0.4) is 0 Å². The summed E-state index contributed by atoms with van der Waals surface area (Å²) in [4.78, 5) is 2.50. The van der Waals surface area contributed by atoms with Crippen LogP contribution in [0.4, 0.5) is 0 Å². The minimum atomic E-state index is 0.581. The van der Waals surface area contributed by atoms with Gasteiger partial charge in [0, 0.05) is 5.02 Å². The summed E-state index contributed by atoms with van der Waals surface area (Å²) in [6, 6.07) is 5.33. The van der Waals surface area contributed by atoms with E-state index in [9.17, 15) is 0 Å². The molecule has 0 unspecified atom stereocenters. The highest BCUT2D eigenvalue weighted by atomic mass is 35.5. The van der Waals surface area contributed by atoms with E-state index in [-0.39, 0.29) is 0 Å². The van der Waals surface area contributed by atoms with Crippen LogP contribution in [0.25, 0.3) is 0 Å². The van der Waals surface area contributed by atoms with Crippen molar-refractivity contribution < 1.29 is 4.74 Å². The Morgan fingerprint density at radius 3 is 2.50 bits per heavy atom. The third kappa shape index (κ3) is 6.83. The largest absolute Gasteiger partial charge is 0.492 e. The Morgan fingerprint density at radius 2 is 1.85 bits per heavy atom. The first-order chi connectivity index (χ1) is 9.67. The van der Waals surface area contributed by atoms with E-state index in [1.54, 1.807) is 12.1 Å². The van der Waals surface area contributed by atoms with Gasteiger partial charge in [0.05, 0.1) is 11.6 Å². The van der Waals surface area contributed by atoms with E-state index in [4.69, 9.17) is 27.9 Å². The zero-order chi connectivity index (χ0) is 14.8. The summed E-state index contributed by atoms with van der Waals surface area (Å²) in [5, 5.41) is 1.22. The first-order valence-corrected chi connectivity index (χ1v) is 8.23. The van der Waals surface area contributed by atoms with Crippen LogP contribution in [0.15, 0.2) is 18.2 Å². The summed E-state index contributed by atoms with van der Waals surface area (Å²) in [7, 11) is 0. The molecule has 0 aromatic heterocycles. The number of ether oxygens (including phenoxy) is 1. The summed E-state index contributed by atoms with van der Waals surface area (Å²) in [5.74, 6) is 0.720. The Morgan fingerprint density at radius 1 is 1.05 bits per heavy atom. The summed E-state index contributed by atoms with van der Waals surface area (Å²) in [6.07, 6.45) is 4.70. The maximum Gasteiger partial charge on any atom is 0.137 e. The molecule has 0 radical (unpaired) electrons. The zero-order valence-electron chi connectivity index (χ0n) is 12.5. The molecule has 0 atom stereocenters. The van der Waals surface area contributed by atoms with Gasteiger partial charge in [0.15, 0.2) is 0 Å². The second kappa shape index (κ2) is 10.3. The number of hydrogen-bond acceptors (Lipinski definition) is 2. The van der Waals surface area contributed by atoms with E-state index in [0.717, 1.165) is 18.7 Å². The van der Waals surface area contributed by atoms with Gasteiger partial charge in [-0.15, -0.1) is 0 Å². The fourth-order valence-corrected chi connectivity index (χ4v) is 2.60. The van der Waals surface area contributed by atoms with E-state index in [1.807, 2.05) is 6.07 Å². The number of halogens is 2. The number of benzene rings is 1. The predicted octanol–water partition coefficient (Wildman–Crippen LogP) is 5.27. The lowest BCUT2D eigenvalue weighted by atomic mass is 10.2. The van der Waals surface area contributed by atoms with Crippen molar-refractivity contribution in [3.05, 3.63) is 28.2 Å². The Labute approximate surface area is 133 Å². The predicted molar refractivity (Wildman–Crippen MR) is 88.2 cm³/mol.